The number of carbonyl (C=O) groups is 1. The Hall–Kier alpha value is -2.37. The summed E-state index contributed by atoms with van der Waals surface area (Å²) in [6, 6.07) is 12.9. The smallest absolute Gasteiger partial charge is 0.232 e. The molecule has 4 rings (SSSR count). The predicted molar refractivity (Wildman–Crippen MR) is 101 cm³/mol. The Balaban J connectivity index is 1.58. The number of hydrogen-bond donors (Lipinski definition) is 0. The molecule has 3 aromatic rings. The lowest BCUT2D eigenvalue weighted by Crippen LogP contribution is -2.24. The van der Waals surface area contributed by atoms with E-state index in [1.807, 2.05) is 37.3 Å². The summed E-state index contributed by atoms with van der Waals surface area (Å²) in [5.41, 5.74) is 2.45. The zero-order valence-corrected chi connectivity index (χ0v) is 15.5. The van der Waals surface area contributed by atoms with Crippen molar-refractivity contribution in [3.63, 3.8) is 0 Å². The fourth-order valence-electron chi connectivity index (χ4n) is 3.03. The monoisotopic (exact) mass is 387 g/mol. The van der Waals surface area contributed by atoms with Crippen LogP contribution in [0.15, 0.2) is 47.0 Å². The van der Waals surface area contributed by atoms with Gasteiger partial charge in [0.1, 0.15) is 0 Å². The van der Waals surface area contributed by atoms with E-state index in [0.717, 1.165) is 11.3 Å². The minimum Gasteiger partial charge on any atom is -0.339 e. The van der Waals surface area contributed by atoms with E-state index in [1.165, 1.54) is 0 Å². The number of nitrogens with zero attached hydrogens (tertiary/aromatic N) is 3. The van der Waals surface area contributed by atoms with E-state index in [1.54, 1.807) is 17.0 Å². The number of rotatable bonds is 3. The molecule has 1 fully saturated rings. The Bertz CT molecular complexity index is 986. The minimum absolute atomic E-state index is 0.00686. The highest BCUT2D eigenvalue weighted by molar-refractivity contribution is 6.33. The number of benzene rings is 2. The Kier molecular flexibility index (Phi) is 4.42. The van der Waals surface area contributed by atoms with Crippen LogP contribution in [-0.4, -0.2) is 22.6 Å². The molecular formula is C19H15Cl2N3O2. The van der Waals surface area contributed by atoms with Gasteiger partial charge in [0.15, 0.2) is 0 Å². The molecule has 5 nitrogen and oxygen atoms in total. The van der Waals surface area contributed by atoms with Crippen LogP contribution in [0.5, 0.6) is 0 Å². The first-order valence-electron chi connectivity index (χ1n) is 8.18. The van der Waals surface area contributed by atoms with Crippen molar-refractivity contribution in [3.8, 4) is 11.4 Å². The molecule has 2 heterocycles. The van der Waals surface area contributed by atoms with Crippen molar-refractivity contribution in [2.24, 2.45) is 0 Å². The highest BCUT2D eigenvalue weighted by atomic mass is 35.5. The maximum absolute atomic E-state index is 12.5. The van der Waals surface area contributed by atoms with Crippen LogP contribution in [0.4, 0.5) is 5.69 Å². The van der Waals surface area contributed by atoms with Crippen LogP contribution in [0.1, 0.15) is 23.8 Å². The van der Waals surface area contributed by atoms with Crippen molar-refractivity contribution < 1.29 is 9.32 Å². The van der Waals surface area contributed by atoms with Crippen molar-refractivity contribution in [2.75, 3.05) is 11.4 Å². The Morgan fingerprint density at radius 1 is 1.15 bits per heavy atom. The summed E-state index contributed by atoms with van der Waals surface area (Å²) >= 11 is 12.4. The molecule has 2 aromatic carbocycles. The van der Waals surface area contributed by atoms with Crippen LogP contribution in [0, 0.1) is 6.92 Å². The quantitative estimate of drug-likeness (QED) is 0.642. The van der Waals surface area contributed by atoms with Gasteiger partial charge in [-0.3, -0.25) is 4.79 Å². The van der Waals surface area contributed by atoms with Crippen LogP contribution in [0.25, 0.3) is 11.4 Å². The molecule has 1 saturated heterocycles. The molecule has 0 bridgehead atoms. The molecule has 26 heavy (non-hydrogen) atoms. The molecule has 1 aliphatic rings. The van der Waals surface area contributed by atoms with E-state index < -0.39 is 0 Å². The third-order valence-corrected chi connectivity index (χ3v) is 5.23. The maximum Gasteiger partial charge on any atom is 0.232 e. The van der Waals surface area contributed by atoms with Crippen molar-refractivity contribution in [2.45, 2.75) is 19.3 Å². The molecule has 1 aromatic heterocycles. The SMILES string of the molecule is Cc1ccc(N2CC(c3nc(-c4ccccc4Cl)no3)CC2=O)cc1Cl. The lowest BCUT2D eigenvalue weighted by molar-refractivity contribution is -0.117. The van der Waals surface area contributed by atoms with Gasteiger partial charge in [0.05, 0.1) is 10.9 Å². The molecule has 1 aliphatic heterocycles. The first-order chi connectivity index (χ1) is 12.5. The molecule has 132 valence electrons. The second-order valence-corrected chi connectivity index (χ2v) is 7.09. The lowest BCUT2D eigenvalue weighted by atomic mass is 10.1. The molecule has 1 amide bonds. The molecule has 0 radical (unpaired) electrons. The summed E-state index contributed by atoms with van der Waals surface area (Å²) in [7, 11) is 0. The van der Waals surface area contributed by atoms with E-state index in [0.29, 0.717) is 40.3 Å². The van der Waals surface area contributed by atoms with Crippen LogP contribution < -0.4 is 4.90 Å². The second-order valence-electron chi connectivity index (χ2n) is 6.27. The van der Waals surface area contributed by atoms with Crippen molar-refractivity contribution >= 4 is 34.8 Å². The Morgan fingerprint density at radius 3 is 2.73 bits per heavy atom. The van der Waals surface area contributed by atoms with Gasteiger partial charge >= 0.3 is 0 Å². The van der Waals surface area contributed by atoms with Gasteiger partial charge in [-0.05, 0) is 36.8 Å². The molecule has 7 heteroatoms. The van der Waals surface area contributed by atoms with Crippen LogP contribution >= 0.6 is 23.2 Å². The van der Waals surface area contributed by atoms with E-state index in [2.05, 4.69) is 10.1 Å². The summed E-state index contributed by atoms with van der Waals surface area (Å²) in [5.74, 6) is 0.711. The molecule has 0 spiro atoms. The normalized spacial score (nSPS) is 17.1. The second kappa shape index (κ2) is 6.74. The van der Waals surface area contributed by atoms with Crippen LogP contribution in [0.2, 0.25) is 10.0 Å². The number of hydrogen-bond acceptors (Lipinski definition) is 4. The number of aryl methyl sites for hydroxylation is 1. The largest absolute Gasteiger partial charge is 0.339 e. The van der Waals surface area contributed by atoms with Crippen molar-refractivity contribution in [1.29, 1.82) is 0 Å². The van der Waals surface area contributed by atoms with Gasteiger partial charge in [-0.15, -0.1) is 0 Å². The van der Waals surface area contributed by atoms with Gasteiger partial charge in [0.2, 0.25) is 17.6 Å². The summed E-state index contributed by atoms with van der Waals surface area (Å²) in [4.78, 5) is 18.6. The standard InChI is InChI=1S/C19H15Cl2N3O2/c1-11-6-7-13(9-16(11)21)24-10-12(8-17(24)25)19-22-18(23-26-19)14-4-2-3-5-15(14)20/h2-7,9,12H,8,10H2,1H3. The lowest BCUT2D eigenvalue weighted by Gasteiger charge is -2.17. The van der Waals surface area contributed by atoms with E-state index in [9.17, 15) is 4.79 Å². The summed E-state index contributed by atoms with van der Waals surface area (Å²) < 4.78 is 5.41. The predicted octanol–water partition coefficient (Wildman–Crippen LogP) is 4.87. The van der Waals surface area contributed by atoms with Crippen molar-refractivity contribution in [1.82, 2.24) is 10.1 Å². The number of amides is 1. The van der Waals surface area contributed by atoms with Gasteiger partial charge in [0.25, 0.3) is 0 Å². The molecule has 1 atom stereocenters. The average molecular weight is 388 g/mol. The van der Waals surface area contributed by atoms with Crippen LogP contribution in [-0.2, 0) is 4.79 Å². The third kappa shape index (κ3) is 3.08. The van der Waals surface area contributed by atoms with Gasteiger partial charge in [-0.25, -0.2) is 0 Å². The minimum atomic E-state index is -0.161. The molecule has 0 saturated carbocycles. The average Bonchev–Trinajstić information content (AvgIpc) is 3.25. The third-order valence-electron chi connectivity index (χ3n) is 4.50. The Morgan fingerprint density at radius 2 is 1.96 bits per heavy atom. The first kappa shape index (κ1) is 17.1. The summed E-state index contributed by atoms with van der Waals surface area (Å²) in [6.45, 7) is 2.40. The summed E-state index contributed by atoms with van der Waals surface area (Å²) in [5, 5.41) is 5.21. The molecule has 0 N–H and O–H groups in total. The highest BCUT2D eigenvalue weighted by Gasteiger charge is 2.35. The van der Waals surface area contributed by atoms with E-state index in [-0.39, 0.29) is 11.8 Å². The molecule has 1 unspecified atom stereocenters. The Labute approximate surface area is 160 Å². The van der Waals surface area contributed by atoms with Crippen LogP contribution in [0.3, 0.4) is 0 Å². The van der Waals surface area contributed by atoms with Gasteiger partial charge in [0, 0.05) is 29.2 Å². The zero-order valence-electron chi connectivity index (χ0n) is 13.9. The fraction of sp³-hybridized carbons (Fsp3) is 0.211. The fourth-order valence-corrected chi connectivity index (χ4v) is 3.42. The number of anilines is 1. The number of carbonyl (C=O) groups excluding carboxylic acids is 1. The number of aromatic nitrogens is 2. The summed E-state index contributed by atoms with van der Waals surface area (Å²) in [6.07, 6.45) is 0.315. The first-order valence-corrected chi connectivity index (χ1v) is 8.93. The number of halogens is 2. The van der Waals surface area contributed by atoms with E-state index in [4.69, 9.17) is 27.7 Å². The maximum atomic E-state index is 12.5. The van der Waals surface area contributed by atoms with Gasteiger partial charge < -0.3 is 9.42 Å². The highest BCUT2D eigenvalue weighted by Crippen LogP contribution is 2.34. The topological polar surface area (TPSA) is 59.2 Å². The van der Waals surface area contributed by atoms with E-state index >= 15 is 0 Å². The van der Waals surface area contributed by atoms with Gasteiger partial charge in [-0.1, -0.05) is 46.6 Å². The molecular weight excluding hydrogens is 373 g/mol. The van der Waals surface area contributed by atoms with Crippen molar-refractivity contribution in [3.05, 3.63) is 64.0 Å². The molecule has 0 aliphatic carbocycles. The van der Waals surface area contributed by atoms with Gasteiger partial charge in [-0.2, -0.15) is 4.98 Å². The zero-order chi connectivity index (χ0) is 18.3.